The Labute approximate surface area is 159 Å². The molecular formula is C16H18ClN7OS. The van der Waals surface area contributed by atoms with Gasteiger partial charge in [-0.2, -0.15) is 5.10 Å². The molecule has 136 valence electrons. The van der Waals surface area contributed by atoms with Gasteiger partial charge in [0.15, 0.2) is 0 Å². The summed E-state index contributed by atoms with van der Waals surface area (Å²) in [5, 5.41) is 16.3. The van der Waals surface area contributed by atoms with Gasteiger partial charge >= 0.3 is 0 Å². The molecule has 2 heterocycles. The van der Waals surface area contributed by atoms with Crippen LogP contribution in [-0.4, -0.2) is 36.3 Å². The Bertz CT molecular complexity index is 966. The average molecular weight is 392 g/mol. The van der Waals surface area contributed by atoms with E-state index in [1.807, 2.05) is 32.9 Å². The summed E-state index contributed by atoms with van der Waals surface area (Å²) in [6.07, 6.45) is 0. The number of benzene rings is 1. The van der Waals surface area contributed by atoms with Gasteiger partial charge in [-0.05, 0) is 44.5 Å². The van der Waals surface area contributed by atoms with Gasteiger partial charge in [-0.3, -0.25) is 4.79 Å². The van der Waals surface area contributed by atoms with E-state index in [-0.39, 0.29) is 11.7 Å². The van der Waals surface area contributed by atoms with Crippen LogP contribution in [0.1, 0.15) is 17.0 Å². The third-order valence-electron chi connectivity index (χ3n) is 3.65. The van der Waals surface area contributed by atoms with Crippen LogP contribution in [0.5, 0.6) is 0 Å². The molecule has 0 aliphatic heterocycles. The van der Waals surface area contributed by atoms with Crippen LogP contribution in [0.15, 0.2) is 29.4 Å². The minimum Gasteiger partial charge on any atom is -0.334 e. The van der Waals surface area contributed by atoms with E-state index in [1.165, 1.54) is 16.4 Å². The highest BCUT2D eigenvalue weighted by Gasteiger charge is 2.16. The van der Waals surface area contributed by atoms with Crippen molar-refractivity contribution in [3.05, 3.63) is 46.2 Å². The first-order valence-corrected chi connectivity index (χ1v) is 9.14. The monoisotopic (exact) mass is 391 g/mol. The molecule has 0 radical (unpaired) electrons. The SMILES string of the molecule is Cc1cc(C)n(-c2nnc(SCC(=O)Nc3cc(Cl)ccc3C)n2N)n1. The summed E-state index contributed by atoms with van der Waals surface area (Å²) in [4.78, 5) is 12.2. The van der Waals surface area contributed by atoms with E-state index in [0.29, 0.717) is 21.8 Å². The molecule has 0 aliphatic carbocycles. The standard InChI is InChI=1S/C16H18ClN7OS/c1-9-4-5-12(17)7-13(9)19-14(25)8-26-16-21-20-15(23(16)18)24-11(3)6-10(2)22-24/h4-7H,8,18H2,1-3H3,(H,19,25). The second-order valence-corrected chi connectivity index (χ2v) is 7.17. The molecular weight excluding hydrogens is 374 g/mol. The van der Waals surface area contributed by atoms with E-state index in [1.54, 1.807) is 16.8 Å². The molecule has 10 heteroatoms. The number of aryl methyl sites for hydroxylation is 3. The normalized spacial score (nSPS) is 10.9. The first-order valence-electron chi connectivity index (χ1n) is 7.78. The number of aromatic nitrogens is 5. The van der Waals surface area contributed by atoms with Gasteiger partial charge in [0.2, 0.25) is 11.1 Å². The van der Waals surface area contributed by atoms with Crippen molar-refractivity contribution in [1.29, 1.82) is 0 Å². The molecule has 0 saturated heterocycles. The topological polar surface area (TPSA) is 104 Å². The number of amides is 1. The number of carbonyl (C=O) groups is 1. The van der Waals surface area contributed by atoms with Crippen molar-refractivity contribution in [3.8, 4) is 5.95 Å². The lowest BCUT2D eigenvalue weighted by Gasteiger charge is -2.08. The van der Waals surface area contributed by atoms with E-state index < -0.39 is 0 Å². The number of nitrogens with zero attached hydrogens (tertiary/aromatic N) is 5. The first kappa shape index (κ1) is 18.3. The van der Waals surface area contributed by atoms with Gasteiger partial charge in [0.05, 0.1) is 11.4 Å². The first-order chi connectivity index (χ1) is 12.3. The van der Waals surface area contributed by atoms with Crippen molar-refractivity contribution < 1.29 is 4.79 Å². The van der Waals surface area contributed by atoms with Crippen LogP contribution in [0.2, 0.25) is 5.02 Å². The Morgan fingerprint density at radius 2 is 2.04 bits per heavy atom. The van der Waals surface area contributed by atoms with E-state index in [9.17, 15) is 4.79 Å². The maximum Gasteiger partial charge on any atom is 0.271 e. The van der Waals surface area contributed by atoms with Crippen LogP contribution in [-0.2, 0) is 4.79 Å². The Morgan fingerprint density at radius 1 is 1.27 bits per heavy atom. The van der Waals surface area contributed by atoms with Gasteiger partial charge in [0, 0.05) is 16.4 Å². The summed E-state index contributed by atoms with van der Waals surface area (Å²) in [6, 6.07) is 7.26. The third kappa shape index (κ3) is 3.83. The van der Waals surface area contributed by atoms with Crippen molar-refractivity contribution in [2.75, 3.05) is 16.9 Å². The predicted molar refractivity (Wildman–Crippen MR) is 102 cm³/mol. The number of halogens is 1. The highest BCUT2D eigenvalue weighted by Crippen LogP contribution is 2.22. The smallest absolute Gasteiger partial charge is 0.271 e. The number of carbonyl (C=O) groups excluding carboxylic acids is 1. The fourth-order valence-electron chi connectivity index (χ4n) is 2.39. The molecule has 0 unspecified atom stereocenters. The zero-order valence-electron chi connectivity index (χ0n) is 14.5. The van der Waals surface area contributed by atoms with Crippen LogP contribution in [0, 0.1) is 20.8 Å². The van der Waals surface area contributed by atoms with Gasteiger partial charge in [-0.15, -0.1) is 10.2 Å². The van der Waals surface area contributed by atoms with Gasteiger partial charge in [-0.1, -0.05) is 29.4 Å². The molecule has 3 aromatic rings. The van der Waals surface area contributed by atoms with Gasteiger partial charge in [0.25, 0.3) is 5.95 Å². The summed E-state index contributed by atoms with van der Waals surface area (Å²) < 4.78 is 2.93. The number of nitrogens with two attached hydrogens (primary N) is 1. The summed E-state index contributed by atoms with van der Waals surface area (Å²) in [5.41, 5.74) is 3.37. The predicted octanol–water partition coefficient (Wildman–Crippen LogP) is 2.49. The molecule has 0 fully saturated rings. The fourth-order valence-corrected chi connectivity index (χ4v) is 3.21. The highest BCUT2D eigenvalue weighted by atomic mass is 35.5. The number of nitrogen functional groups attached to an aromatic ring is 1. The number of hydrogen-bond donors (Lipinski definition) is 2. The van der Waals surface area contributed by atoms with Crippen LogP contribution in [0.25, 0.3) is 5.95 Å². The molecule has 3 N–H and O–H groups in total. The molecule has 1 aromatic carbocycles. The van der Waals surface area contributed by atoms with Gasteiger partial charge in [0.1, 0.15) is 0 Å². The van der Waals surface area contributed by atoms with Crippen molar-refractivity contribution in [2.24, 2.45) is 0 Å². The molecule has 0 atom stereocenters. The van der Waals surface area contributed by atoms with E-state index >= 15 is 0 Å². The molecule has 3 rings (SSSR count). The Hall–Kier alpha value is -2.52. The highest BCUT2D eigenvalue weighted by molar-refractivity contribution is 7.99. The molecule has 0 bridgehead atoms. The van der Waals surface area contributed by atoms with Crippen LogP contribution < -0.4 is 11.2 Å². The van der Waals surface area contributed by atoms with Crippen molar-refractivity contribution in [1.82, 2.24) is 24.7 Å². The van der Waals surface area contributed by atoms with Crippen LogP contribution in [0.3, 0.4) is 0 Å². The molecule has 0 saturated carbocycles. The molecule has 2 aromatic heterocycles. The maximum absolute atomic E-state index is 12.2. The zero-order chi connectivity index (χ0) is 18.8. The van der Waals surface area contributed by atoms with Gasteiger partial charge < -0.3 is 11.2 Å². The zero-order valence-corrected chi connectivity index (χ0v) is 16.1. The molecule has 0 aliphatic rings. The number of thioether (sulfide) groups is 1. The molecule has 0 spiro atoms. The van der Waals surface area contributed by atoms with Crippen LogP contribution >= 0.6 is 23.4 Å². The number of hydrogen-bond acceptors (Lipinski definition) is 6. The molecule has 26 heavy (non-hydrogen) atoms. The quantitative estimate of drug-likeness (QED) is 0.511. The number of anilines is 1. The lowest BCUT2D eigenvalue weighted by Crippen LogP contribution is -2.19. The third-order valence-corrected chi connectivity index (χ3v) is 4.83. The largest absolute Gasteiger partial charge is 0.334 e. The van der Waals surface area contributed by atoms with Crippen molar-refractivity contribution in [2.45, 2.75) is 25.9 Å². The van der Waals surface area contributed by atoms with Crippen molar-refractivity contribution in [3.63, 3.8) is 0 Å². The minimum absolute atomic E-state index is 0.137. The summed E-state index contributed by atoms with van der Waals surface area (Å²) >= 11 is 7.16. The lowest BCUT2D eigenvalue weighted by atomic mass is 10.2. The lowest BCUT2D eigenvalue weighted by molar-refractivity contribution is -0.113. The second kappa shape index (κ2) is 7.38. The number of rotatable bonds is 5. The van der Waals surface area contributed by atoms with Crippen LogP contribution in [0.4, 0.5) is 5.69 Å². The van der Waals surface area contributed by atoms with E-state index in [2.05, 4.69) is 20.6 Å². The van der Waals surface area contributed by atoms with E-state index in [0.717, 1.165) is 17.0 Å². The summed E-state index contributed by atoms with van der Waals surface area (Å²) in [7, 11) is 0. The summed E-state index contributed by atoms with van der Waals surface area (Å²) in [6.45, 7) is 5.69. The Kier molecular flexibility index (Phi) is 5.19. The fraction of sp³-hybridized carbons (Fsp3) is 0.250. The summed E-state index contributed by atoms with van der Waals surface area (Å²) in [5.74, 6) is 6.40. The van der Waals surface area contributed by atoms with Crippen molar-refractivity contribution >= 4 is 35.0 Å². The Morgan fingerprint density at radius 3 is 2.73 bits per heavy atom. The van der Waals surface area contributed by atoms with E-state index in [4.69, 9.17) is 17.4 Å². The molecule has 8 nitrogen and oxygen atoms in total. The number of nitrogens with one attached hydrogen (secondary N) is 1. The maximum atomic E-state index is 12.2. The minimum atomic E-state index is -0.184. The molecule has 1 amide bonds. The Balaban J connectivity index is 1.68. The van der Waals surface area contributed by atoms with Gasteiger partial charge in [-0.25, -0.2) is 9.36 Å². The average Bonchev–Trinajstić information content (AvgIpc) is 3.10. The second-order valence-electron chi connectivity index (χ2n) is 5.79.